The third kappa shape index (κ3) is 2.88. The van der Waals surface area contributed by atoms with Crippen molar-refractivity contribution in [2.45, 2.75) is 19.4 Å². The molecule has 1 unspecified atom stereocenters. The zero-order valence-electron chi connectivity index (χ0n) is 10.1. The predicted molar refractivity (Wildman–Crippen MR) is 68.0 cm³/mol. The maximum atomic E-state index is 11.9. The number of hydrogen-bond acceptors (Lipinski definition) is 4. The number of nitrogens with two attached hydrogens (primary N) is 1. The van der Waals surface area contributed by atoms with Gasteiger partial charge >= 0.3 is 0 Å². The van der Waals surface area contributed by atoms with Crippen LogP contribution < -0.4 is 11.1 Å². The highest BCUT2D eigenvalue weighted by atomic mass is 16.3. The number of nitrogens with one attached hydrogen (secondary N) is 1. The Labute approximate surface area is 105 Å². The number of hydrogen-bond donors (Lipinski definition) is 2. The van der Waals surface area contributed by atoms with Crippen LogP contribution in [0.25, 0.3) is 0 Å². The smallest absolute Gasteiger partial charge is 0.255 e. The summed E-state index contributed by atoms with van der Waals surface area (Å²) in [7, 11) is 0. The van der Waals surface area contributed by atoms with Crippen LogP contribution in [0.1, 0.15) is 23.0 Å². The summed E-state index contributed by atoms with van der Waals surface area (Å²) in [5, 5.41) is 2.86. The molecule has 5 nitrogen and oxygen atoms in total. The first-order valence-electron chi connectivity index (χ1n) is 5.70. The highest BCUT2D eigenvalue weighted by Crippen LogP contribution is 2.08. The molecular formula is C13H15N3O2. The summed E-state index contributed by atoms with van der Waals surface area (Å²) in [6.45, 7) is 1.91. The average Bonchev–Trinajstić information content (AvgIpc) is 2.82. The van der Waals surface area contributed by atoms with Crippen LogP contribution in [0.3, 0.4) is 0 Å². The topological polar surface area (TPSA) is 81.2 Å². The van der Waals surface area contributed by atoms with Gasteiger partial charge in [-0.1, -0.05) is 0 Å². The van der Waals surface area contributed by atoms with Gasteiger partial charge in [-0.2, -0.15) is 0 Å². The number of nitrogen functional groups attached to an aromatic ring is 1. The fourth-order valence-corrected chi connectivity index (χ4v) is 1.69. The Morgan fingerprint density at radius 1 is 1.50 bits per heavy atom. The lowest BCUT2D eigenvalue weighted by molar-refractivity contribution is 0.0940. The molecule has 0 aliphatic heterocycles. The van der Waals surface area contributed by atoms with E-state index in [1.165, 1.54) is 0 Å². The molecule has 18 heavy (non-hydrogen) atoms. The molecule has 2 aromatic rings. The third-order valence-corrected chi connectivity index (χ3v) is 2.55. The Hall–Kier alpha value is -2.30. The molecule has 0 saturated carbocycles. The number of aromatic nitrogens is 1. The van der Waals surface area contributed by atoms with Crippen LogP contribution in [0.15, 0.2) is 41.1 Å². The fourth-order valence-electron chi connectivity index (χ4n) is 1.69. The van der Waals surface area contributed by atoms with Gasteiger partial charge in [-0.3, -0.25) is 4.79 Å². The highest BCUT2D eigenvalue weighted by molar-refractivity contribution is 5.98. The molecule has 0 fully saturated rings. The van der Waals surface area contributed by atoms with Crippen molar-refractivity contribution < 1.29 is 9.21 Å². The maximum Gasteiger partial charge on any atom is 0.255 e. The van der Waals surface area contributed by atoms with E-state index >= 15 is 0 Å². The minimum Gasteiger partial charge on any atom is -0.469 e. The molecule has 0 aliphatic rings. The lowest BCUT2D eigenvalue weighted by atomic mass is 10.1. The van der Waals surface area contributed by atoms with E-state index in [0.29, 0.717) is 12.0 Å². The summed E-state index contributed by atoms with van der Waals surface area (Å²) in [4.78, 5) is 15.8. The van der Waals surface area contributed by atoms with Gasteiger partial charge < -0.3 is 15.5 Å². The van der Waals surface area contributed by atoms with Crippen molar-refractivity contribution in [3.8, 4) is 0 Å². The fraction of sp³-hybridized carbons (Fsp3) is 0.231. The molecule has 1 atom stereocenters. The molecule has 5 heteroatoms. The molecule has 0 radical (unpaired) electrons. The number of anilines is 1. The summed E-state index contributed by atoms with van der Waals surface area (Å²) in [5.41, 5.74) is 6.04. The number of amides is 1. The van der Waals surface area contributed by atoms with Crippen molar-refractivity contribution in [1.29, 1.82) is 0 Å². The summed E-state index contributed by atoms with van der Waals surface area (Å²) < 4.78 is 5.23. The Morgan fingerprint density at radius 2 is 2.33 bits per heavy atom. The average molecular weight is 245 g/mol. The van der Waals surface area contributed by atoms with Crippen molar-refractivity contribution >= 4 is 11.7 Å². The number of carbonyl (C=O) groups excluding carboxylic acids is 1. The van der Waals surface area contributed by atoms with Crippen molar-refractivity contribution in [3.63, 3.8) is 0 Å². The van der Waals surface area contributed by atoms with Gasteiger partial charge in [0.25, 0.3) is 5.91 Å². The van der Waals surface area contributed by atoms with Crippen molar-refractivity contribution in [2.24, 2.45) is 0 Å². The van der Waals surface area contributed by atoms with Crippen LogP contribution in [0.5, 0.6) is 0 Å². The number of furan rings is 1. The van der Waals surface area contributed by atoms with E-state index in [0.717, 1.165) is 5.76 Å². The summed E-state index contributed by atoms with van der Waals surface area (Å²) >= 11 is 0. The van der Waals surface area contributed by atoms with Crippen LogP contribution >= 0.6 is 0 Å². The first kappa shape index (κ1) is 12.2. The number of nitrogens with zero attached hydrogens (tertiary/aromatic N) is 1. The van der Waals surface area contributed by atoms with Crippen LogP contribution in [0.2, 0.25) is 0 Å². The second-order valence-corrected chi connectivity index (χ2v) is 4.09. The summed E-state index contributed by atoms with van der Waals surface area (Å²) in [5.74, 6) is 0.849. The second kappa shape index (κ2) is 5.35. The zero-order chi connectivity index (χ0) is 13.0. The second-order valence-electron chi connectivity index (χ2n) is 4.09. The lowest BCUT2D eigenvalue weighted by Gasteiger charge is -2.13. The Balaban J connectivity index is 1.97. The van der Waals surface area contributed by atoms with Gasteiger partial charge in [-0.05, 0) is 31.2 Å². The first-order valence-corrected chi connectivity index (χ1v) is 5.70. The molecule has 3 N–H and O–H groups in total. The molecule has 2 heterocycles. The van der Waals surface area contributed by atoms with Gasteiger partial charge in [0.2, 0.25) is 0 Å². The van der Waals surface area contributed by atoms with E-state index in [1.807, 2.05) is 19.1 Å². The van der Waals surface area contributed by atoms with Gasteiger partial charge in [-0.25, -0.2) is 4.98 Å². The molecule has 2 rings (SSSR count). The monoisotopic (exact) mass is 245 g/mol. The quantitative estimate of drug-likeness (QED) is 0.857. The van der Waals surface area contributed by atoms with E-state index < -0.39 is 0 Å². The Bertz CT molecular complexity index is 523. The van der Waals surface area contributed by atoms with Gasteiger partial charge in [-0.15, -0.1) is 0 Å². The molecule has 0 bridgehead atoms. The summed E-state index contributed by atoms with van der Waals surface area (Å²) in [6.07, 6.45) is 3.81. The molecule has 0 saturated heterocycles. The van der Waals surface area contributed by atoms with E-state index in [2.05, 4.69) is 10.3 Å². The first-order chi connectivity index (χ1) is 8.66. The van der Waals surface area contributed by atoms with E-state index in [1.54, 1.807) is 24.6 Å². The molecule has 1 amide bonds. The van der Waals surface area contributed by atoms with E-state index in [9.17, 15) is 4.79 Å². The van der Waals surface area contributed by atoms with E-state index in [4.69, 9.17) is 10.2 Å². The molecule has 0 spiro atoms. The van der Waals surface area contributed by atoms with Crippen LogP contribution in [-0.4, -0.2) is 16.9 Å². The molecular weight excluding hydrogens is 230 g/mol. The standard InChI is InChI=1S/C13H15N3O2/c1-9(8-10-4-3-7-18-10)16-13(17)11-5-2-6-15-12(11)14/h2-7,9H,8H2,1H3,(H2,14,15)(H,16,17). The van der Waals surface area contributed by atoms with Gasteiger partial charge in [0, 0.05) is 18.7 Å². The maximum absolute atomic E-state index is 11.9. The summed E-state index contributed by atoms with van der Waals surface area (Å²) in [6, 6.07) is 6.99. The van der Waals surface area contributed by atoms with Crippen molar-refractivity contribution in [3.05, 3.63) is 48.0 Å². The minimum atomic E-state index is -0.223. The minimum absolute atomic E-state index is 0.0387. The number of rotatable bonds is 4. The third-order valence-electron chi connectivity index (χ3n) is 2.55. The van der Waals surface area contributed by atoms with Crippen LogP contribution in [0.4, 0.5) is 5.82 Å². The van der Waals surface area contributed by atoms with Crippen molar-refractivity contribution in [1.82, 2.24) is 10.3 Å². The molecule has 94 valence electrons. The number of pyridine rings is 1. The van der Waals surface area contributed by atoms with Crippen LogP contribution in [0, 0.1) is 0 Å². The van der Waals surface area contributed by atoms with Gasteiger partial charge in [0.15, 0.2) is 0 Å². The molecule has 0 aromatic carbocycles. The van der Waals surface area contributed by atoms with Gasteiger partial charge in [0.1, 0.15) is 11.6 Å². The van der Waals surface area contributed by atoms with E-state index in [-0.39, 0.29) is 17.8 Å². The largest absolute Gasteiger partial charge is 0.469 e. The van der Waals surface area contributed by atoms with Crippen LogP contribution in [-0.2, 0) is 6.42 Å². The predicted octanol–water partition coefficient (Wildman–Crippen LogP) is 1.62. The SMILES string of the molecule is CC(Cc1ccco1)NC(=O)c1cccnc1N. The Morgan fingerprint density at radius 3 is 3.00 bits per heavy atom. The lowest BCUT2D eigenvalue weighted by Crippen LogP contribution is -2.34. The normalized spacial score (nSPS) is 12.1. The molecule has 2 aromatic heterocycles. The number of carbonyl (C=O) groups is 1. The molecule has 0 aliphatic carbocycles. The zero-order valence-corrected chi connectivity index (χ0v) is 10.1. The highest BCUT2D eigenvalue weighted by Gasteiger charge is 2.13. The van der Waals surface area contributed by atoms with Crippen molar-refractivity contribution in [2.75, 3.05) is 5.73 Å². The Kier molecular flexibility index (Phi) is 3.62. The van der Waals surface area contributed by atoms with Gasteiger partial charge in [0.05, 0.1) is 11.8 Å².